The largest absolute Gasteiger partial charge is 0.409 e. The van der Waals surface area contributed by atoms with E-state index in [1.165, 1.54) is 6.07 Å². The third kappa shape index (κ3) is 4.07. The van der Waals surface area contributed by atoms with E-state index < -0.39 is 0 Å². The molecule has 1 aromatic heterocycles. The van der Waals surface area contributed by atoms with Crippen LogP contribution in [0.1, 0.15) is 23.7 Å². The second-order valence-corrected chi connectivity index (χ2v) is 5.69. The Bertz CT molecular complexity index is 447. The number of thiophene rings is 1. The first kappa shape index (κ1) is 14.1. The number of nitrogens with two attached hydrogens (primary N) is 1. The van der Waals surface area contributed by atoms with Gasteiger partial charge in [0.2, 0.25) is 0 Å². The maximum atomic E-state index is 11.8. The third-order valence-electron chi connectivity index (χ3n) is 1.92. The highest BCUT2D eigenvalue weighted by Crippen LogP contribution is 2.31. The highest BCUT2D eigenvalue weighted by atomic mass is 35.5. The highest BCUT2D eigenvalue weighted by Gasteiger charge is 2.16. The zero-order valence-corrected chi connectivity index (χ0v) is 11.2. The minimum atomic E-state index is -0.337. The normalized spacial score (nSPS) is 13.5. The van der Waals surface area contributed by atoms with Gasteiger partial charge in [-0.2, -0.15) is 0 Å². The van der Waals surface area contributed by atoms with Crippen LogP contribution in [0.3, 0.4) is 0 Å². The van der Waals surface area contributed by atoms with Gasteiger partial charge in [-0.25, -0.2) is 0 Å². The molecule has 1 amide bonds. The number of hydrogen-bond acceptors (Lipinski definition) is 4. The predicted molar refractivity (Wildman–Crippen MR) is 69.3 cm³/mol. The number of hydrogen-bond donors (Lipinski definition) is 3. The number of halogens is 2. The molecule has 8 heteroatoms. The molecule has 0 saturated heterocycles. The van der Waals surface area contributed by atoms with Crippen molar-refractivity contribution < 1.29 is 10.0 Å². The van der Waals surface area contributed by atoms with Crippen molar-refractivity contribution in [3.63, 3.8) is 0 Å². The van der Waals surface area contributed by atoms with Crippen LogP contribution in [0.25, 0.3) is 0 Å². The first-order chi connectivity index (χ1) is 7.93. The van der Waals surface area contributed by atoms with Crippen molar-refractivity contribution >= 4 is 46.3 Å². The van der Waals surface area contributed by atoms with E-state index in [0.717, 1.165) is 11.3 Å². The summed E-state index contributed by atoms with van der Waals surface area (Å²) in [6.45, 7) is 1.73. The number of nitrogens with one attached hydrogen (secondary N) is 1. The van der Waals surface area contributed by atoms with Crippen molar-refractivity contribution in [1.29, 1.82) is 0 Å². The molecule has 0 aliphatic rings. The van der Waals surface area contributed by atoms with Crippen molar-refractivity contribution in [2.24, 2.45) is 10.9 Å². The molecular formula is C9H11Cl2N3O2S. The van der Waals surface area contributed by atoms with E-state index in [1.807, 2.05) is 0 Å². The number of carbonyl (C=O) groups excluding carboxylic acids is 1. The van der Waals surface area contributed by atoms with Gasteiger partial charge >= 0.3 is 0 Å². The smallest absolute Gasteiger partial charge is 0.253 e. The number of nitrogens with zero attached hydrogens (tertiary/aromatic N) is 1. The summed E-state index contributed by atoms with van der Waals surface area (Å²) in [5, 5.41) is 13.9. The fourth-order valence-corrected chi connectivity index (χ4v) is 2.66. The highest BCUT2D eigenvalue weighted by molar-refractivity contribution is 7.20. The minimum Gasteiger partial charge on any atom is -0.409 e. The van der Waals surface area contributed by atoms with Gasteiger partial charge < -0.3 is 16.3 Å². The maximum Gasteiger partial charge on any atom is 0.253 e. The molecule has 1 aromatic rings. The Morgan fingerprint density at radius 1 is 1.71 bits per heavy atom. The monoisotopic (exact) mass is 295 g/mol. The van der Waals surface area contributed by atoms with Gasteiger partial charge in [-0.3, -0.25) is 4.79 Å². The summed E-state index contributed by atoms with van der Waals surface area (Å²) in [6, 6.07) is 1.23. The summed E-state index contributed by atoms with van der Waals surface area (Å²) in [6.07, 6.45) is 0.248. The molecule has 1 heterocycles. The van der Waals surface area contributed by atoms with Crippen molar-refractivity contribution in [2.45, 2.75) is 19.4 Å². The molecule has 1 rings (SSSR count). The van der Waals surface area contributed by atoms with Gasteiger partial charge in [0, 0.05) is 12.5 Å². The van der Waals surface area contributed by atoms with Crippen molar-refractivity contribution in [1.82, 2.24) is 5.32 Å². The van der Waals surface area contributed by atoms with Crippen LogP contribution in [0.4, 0.5) is 0 Å². The van der Waals surface area contributed by atoms with E-state index in [1.54, 1.807) is 6.92 Å². The molecule has 5 nitrogen and oxygen atoms in total. The zero-order valence-electron chi connectivity index (χ0n) is 8.91. The maximum absolute atomic E-state index is 11.8. The van der Waals surface area contributed by atoms with Crippen LogP contribution >= 0.6 is 34.5 Å². The average Bonchev–Trinajstić information content (AvgIpc) is 2.57. The van der Waals surface area contributed by atoms with Gasteiger partial charge in [0.1, 0.15) is 10.2 Å². The molecule has 0 radical (unpaired) electrons. The van der Waals surface area contributed by atoms with E-state index >= 15 is 0 Å². The number of rotatable bonds is 4. The predicted octanol–water partition coefficient (Wildman–Crippen LogP) is 2.31. The summed E-state index contributed by atoms with van der Waals surface area (Å²) in [7, 11) is 0. The molecular weight excluding hydrogens is 285 g/mol. The molecule has 0 fully saturated rings. The summed E-state index contributed by atoms with van der Waals surface area (Å²) >= 11 is 12.7. The summed E-state index contributed by atoms with van der Waals surface area (Å²) in [4.78, 5) is 11.8. The Balaban J connectivity index is 2.63. The van der Waals surface area contributed by atoms with Gasteiger partial charge in [0.25, 0.3) is 5.91 Å². The van der Waals surface area contributed by atoms with E-state index in [2.05, 4.69) is 10.5 Å². The lowest BCUT2D eigenvalue weighted by atomic mass is 10.2. The van der Waals surface area contributed by atoms with Crippen molar-refractivity contribution in [3.8, 4) is 0 Å². The Hall–Kier alpha value is -0.980. The van der Waals surface area contributed by atoms with Crippen LogP contribution in [0.5, 0.6) is 0 Å². The summed E-state index contributed by atoms with van der Waals surface area (Å²) < 4.78 is 0.785. The van der Waals surface area contributed by atoms with Gasteiger partial charge in [-0.15, -0.1) is 11.3 Å². The Labute approximate surface area is 112 Å². The van der Waals surface area contributed by atoms with E-state index in [4.69, 9.17) is 34.1 Å². The molecule has 0 spiro atoms. The standard InChI is InChI=1S/C9H11Cl2N3O2S/c1-4(2-7(12)14-16)13-9(15)5-3-6(10)17-8(5)11/h3-4,16H,2H2,1H3,(H2,12,14)(H,13,15). The topological polar surface area (TPSA) is 87.7 Å². The van der Waals surface area contributed by atoms with Crippen LogP contribution in [0, 0.1) is 0 Å². The summed E-state index contributed by atoms with van der Waals surface area (Å²) in [5.74, 6) is -0.288. The van der Waals surface area contributed by atoms with Crippen molar-refractivity contribution in [2.75, 3.05) is 0 Å². The zero-order chi connectivity index (χ0) is 13.0. The SMILES string of the molecule is CC(C/C(N)=N/O)NC(=O)c1cc(Cl)sc1Cl. The quantitative estimate of drug-likeness (QED) is 0.345. The Morgan fingerprint density at radius 3 is 2.82 bits per heavy atom. The van der Waals surface area contributed by atoms with Gasteiger partial charge in [0.05, 0.1) is 9.90 Å². The van der Waals surface area contributed by atoms with Crippen LogP contribution in [-0.2, 0) is 0 Å². The number of amidine groups is 1. The number of amides is 1. The summed E-state index contributed by atoms with van der Waals surface area (Å²) in [5.41, 5.74) is 5.65. The van der Waals surface area contributed by atoms with Gasteiger partial charge in [-0.05, 0) is 13.0 Å². The van der Waals surface area contributed by atoms with E-state index in [0.29, 0.717) is 14.2 Å². The molecule has 0 saturated carbocycles. The Kier molecular flexibility index (Phi) is 5.04. The number of carbonyl (C=O) groups is 1. The van der Waals surface area contributed by atoms with Gasteiger partial charge in [-0.1, -0.05) is 28.4 Å². The second-order valence-electron chi connectivity index (χ2n) is 3.41. The molecule has 0 bridgehead atoms. The van der Waals surface area contributed by atoms with Crippen molar-refractivity contribution in [3.05, 3.63) is 20.3 Å². The first-order valence-electron chi connectivity index (χ1n) is 4.66. The average molecular weight is 296 g/mol. The minimum absolute atomic E-state index is 0.0484. The lowest BCUT2D eigenvalue weighted by molar-refractivity contribution is 0.0941. The molecule has 17 heavy (non-hydrogen) atoms. The molecule has 0 aromatic carbocycles. The lowest BCUT2D eigenvalue weighted by Crippen LogP contribution is -2.35. The van der Waals surface area contributed by atoms with Gasteiger partial charge in [0.15, 0.2) is 0 Å². The van der Waals surface area contributed by atoms with Crippen LogP contribution < -0.4 is 11.1 Å². The van der Waals surface area contributed by atoms with E-state index in [9.17, 15) is 4.79 Å². The lowest BCUT2D eigenvalue weighted by Gasteiger charge is -2.12. The fraction of sp³-hybridized carbons (Fsp3) is 0.333. The third-order valence-corrected chi connectivity index (χ3v) is 3.41. The molecule has 1 atom stereocenters. The van der Waals surface area contributed by atoms with Crippen LogP contribution in [0.2, 0.25) is 8.67 Å². The molecule has 0 aliphatic heterocycles. The molecule has 4 N–H and O–H groups in total. The van der Waals surface area contributed by atoms with Crippen LogP contribution in [-0.4, -0.2) is 23.0 Å². The first-order valence-corrected chi connectivity index (χ1v) is 6.23. The second kappa shape index (κ2) is 6.09. The molecule has 94 valence electrons. The fourth-order valence-electron chi connectivity index (χ4n) is 1.20. The van der Waals surface area contributed by atoms with Crippen LogP contribution in [0.15, 0.2) is 11.2 Å². The Morgan fingerprint density at radius 2 is 2.35 bits per heavy atom. The van der Waals surface area contributed by atoms with E-state index in [-0.39, 0.29) is 24.2 Å². The molecule has 0 aliphatic carbocycles. The number of oxime groups is 1. The molecule has 1 unspecified atom stereocenters.